The first kappa shape index (κ1) is 30.4. The zero-order chi connectivity index (χ0) is 28.5. The second-order valence-electron chi connectivity index (χ2n) is 8.78. The Hall–Kier alpha value is -2.58. The van der Waals surface area contributed by atoms with E-state index in [1.807, 2.05) is 74.5 Å². The summed E-state index contributed by atoms with van der Waals surface area (Å²) in [5.74, 6) is -0.818. The largest absolute Gasteiger partial charge is 0.368 e. The minimum atomic E-state index is -3.65. The lowest BCUT2D eigenvalue weighted by Crippen LogP contribution is -2.21. The topological polar surface area (TPSA) is 82.4 Å². The summed E-state index contributed by atoms with van der Waals surface area (Å²) in [5, 5.41) is 8.18. The fraction of sp³-hybridized carbons (Fsp3) is 0.241. The normalized spacial score (nSPS) is 12.3. The number of aromatic nitrogens is 2. The van der Waals surface area contributed by atoms with Crippen molar-refractivity contribution in [3.05, 3.63) is 111 Å². The number of para-hydroxylation sites is 1. The molecule has 1 heterocycles. The summed E-state index contributed by atoms with van der Waals surface area (Å²) in [6, 6.07) is 23.8. The van der Waals surface area contributed by atoms with Crippen LogP contribution in [0.1, 0.15) is 38.0 Å². The van der Waals surface area contributed by atoms with E-state index in [9.17, 15) is 9.36 Å². The van der Waals surface area contributed by atoms with Gasteiger partial charge >= 0.3 is 7.60 Å². The molecule has 40 heavy (non-hydrogen) atoms. The maximum atomic E-state index is 14.1. The summed E-state index contributed by atoms with van der Waals surface area (Å²) in [5.41, 5.74) is 1.56. The standard InChI is InChI=1S/C29H30Cl2N3O4PS/c1-3-18-37-39(36,38-19-4-2)28(24-12-8-9-13-25(24)30)33-21-14-16-23(17-15-21)40-26-20-32-34(29(35)27(26)31)22-10-6-5-7-11-22/h5-17,20,28,33H,3-4,18-19H2,1-2H3. The van der Waals surface area contributed by atoms with Gasteiger partial charge in [0.25, 0.3) is 5.56 Å². The molecule has 210 valence electrons. The van der Waals surface area contributed by atoms with E-state index in [1.54, 1.807) is 24.4 Å². The Kier molecular flexibility index (Phi) is 10.9. The van der Waals surface area contributed by atoms with Crippen LogP contribution < -0.4 is 10.9 Å². The number of hydrogen-bond acceptors (Lipinski definition) is 7. The quantitative estimate of drug-likeness (QED) is 0.150. The van der Waals surface area contributed by atoms with Gasteiger partial charge in [-0.15, -0.1) is 0 Å². The smallest absolute Gasteiger partial charge is 0.357 e. The molecule has 1 unspecified atom stereocenters. The van der Waals surface area contributed by atoms with Gasteiger partial charge in [-0.2, -0.15) is 9.78 Å². The molecule has 0 aliphatic rings. The third kappa shape index (κ3) is 7.38. The molecule has 0 bridgehead atoms. The second-order valence-corrected chi connectivity index (χ2v) is 12.8. The van der Waals surface area contributed by atoms with Crippen molar-refractivity contribution < 1.29 is 13.6 Å². The Labute approximate surface area is 248 Å². The molecule has 7 nitrogen and oxygen atoms in total. The highest BCUT2D eigenvalue weighted by atomic mass is 35.5. The average Bonchev–Trinajstić information content (AvgIpc) is 2.98. The van der Waals surface area contributed by atoms with Crippen molar-refractivity contribution in [3.63, 3.8) is 0 Å². The van der Waals surface area contributed by atoms with Gasteiger partial charge < -0.3 is 14.4 Å². The Balaban J connectivity index is 1.58. The fourth-order valence-corrected chi connectivity index (χ4v) is 7.28. The summed E-state index contributed by atoms with van der Waals surface area (Å²) in [6.07, 6.45) is 2.95. The highest BCUT2D eigenvalue weighted by Gasteiger charge is 2.38. The van der Waals surface area contributed by atoms with Gasteiger partial charge in [-0.3, -0.25) is 9.36 Å². The van der Waals surface area contributed by atoms with Gasteiger partial charge in [0.2, 0.25) is 0 Å². The Morgan fingerprint density at radius 3 is 2.17 bits per heavy atom. The van der Waals surface area contributed by atoms with Crippen LogP contribution in [0.25, 0.3) is 5.69 Å². The zero-order valence-electron chi connectivity index (χ0n) is 22.1. The van der Waals surface area contributed by atoms with E-state index >= 15 is 0 Å². The molecular weight excluding hydrogens is 588 g/mol. The minimum absolute atomic E-state index is 0.0897. The molecule has 1 atom stereocenters. The molecule has 0 saturated heterocycles. The van der Waals surface area contributed by atoms with Gasteiger partial charge in [-0.1, -0.05) is 85.2 Å². The van der Waals surface area contributed by atoms with Crippen LogP contribution in [0, 0.1) is 0 Å². The molecule has 4 aromatic rings. The van der Waals surface area contributed by atoms with Crippen LogP contribution in [0.5, 0.6) is 0 Å². The van der Waals surface area contributed by atoms with Crippen LogP contribution in [-0.4, -0.2) is 23.0 Å². The van der Waals surface area contributed by atoms with Gasteiger partial charge in [0, 0.05) is 21.2 Å². The lowest BCUT2D eigenvalue weighted by atomic mass is 10.2. The molecule has 0 saturated carbocycles. The summed E-state index contributed by atoms with van der Waals surface area (Å²) in [4.78, 5) is 14.2. The second kappa shape index (κ2) is 14.4. The number of halogens is 2. The van der Waals surface area contributed by atoms with Crippen molar-refractivity contribution >= 4 is 48.2 Å². The first-order chi connectivity index (χ1) is 19.4. The highest BCUT2D eigenvalue weighted by Crippen LogP contribution is 2.62. The first-order valence-corrected chi connectivity index (χ1v) is 16.1. The van der Waals surface area contributed by atoms with Gasteiger partial charge in [-0.25, -0.2) is 0 Å². The average molecular weight is 619 g/mol. The molecule has 1 N–H and O–H groups in total. The van der Waals surface area contributed by atoms with Crippen molar-refractivity contribution in [2.75, 3.05) is 18.5 Å². The predicted octanol–water partition coefficient (Wildman–Crippen LogP) is 8.85. The lowest BCUT2D eigenvalue weighted by Gasteiger charge is -2.29. The molecular formula is C29H30Cl2N3O4PS. The number of nitrogens with zero attached hydrogens (tertiary/aromatic N) is 2. The van der Waals surface area contributed by atoms with Gasteiger partial charge in [-0.05, 0) is 55.3 Å². The Morgan fingerprint density at radius 1 is 0.925 bits per heavy atom. The minimum Gasteiger partial charge on any atom is -0.368 e. The molecule has 11 heteroatoms. The van der Waals surface area contributed by atoms with Crippen molar-refractivity contribution in [2.45, 2.75) is 42.3 Å². The third-order valence-corrected chi connectivity index (χ3v) is 9.72. The van der Waals surface area contributed by atoms with Gasteiger partial charge in [0.15, 0.2) is 5.78 Å². The van der Waals surface area contributed by atoms with E-state index in [0.717, 1.165) is 4.90 Å². The maximum Gasteiger partial charge on any atom is 0.357 e. The van der Waals surface area contributed by atoms with Crippen LogP contribution in [0.3, 0.4) is 0 Å². The van der Waals surface area contributed by atoms with E-state index < -0.39 is 18.9 Å². The van der Waals surface area contributed by atoms with Crippen molar-refractivity contribution in [2.24, 2.45) is 0 Å². The van der Waals surface area contributed by atoms with Crippen LogP contribution in [0.4, 0.5) is 5.69 Å². The number of anilines is 1. The molecule has 0 spiro atoms. The third-order valence-electron chi connectivity index (χ3n) is 5.74. The van der Waals surface area contributed by atoms with Gasteiger partial charge in [0.1, 0.15) is 5.02 Å². The van der Waals surface area contributed by atoms with Crippen LogP contribution in [0.2, 0.25) is 10.0 Å². The molecule has 0 aliphatic heterocycles. The van der Waals surface area contributed by atoms with Crippen LogP contribution >= 0.6 is 42.6 Å². The molecule has 1 aromatic heterocycles. The van der Waals surface area contributed by atoms with Gasteiger partial charge in [0.05, 0.1) is 30.0 Å². The summed E-state index contributed by atoms with van der Waals surface area (Å²) < 4.78 is 27.0. The summed E-state index contributed by atoms with van der Waals surface area (Å²) in [6.45, 7) is 4.47. The number of rotatable bonds is 13. The number of nitrogens with one attached hydrogen (secondary N) is 1. The maximum absolute atomic E-state index is 14.1. The number of hydrogen-bond donors (Lipinski definition) is 1. The van der Waals surface area contributed by atoms with Crippen molar-refractivity contribution in [1.82, 2.24) is 9.78 Å². The van der Waals surface area contributed by atoms with E-state index in [0.29, 0.717) is 39.7 Å². The fourth-order valence-electron chi connectivity index (χ4n) is 3.79. The Morgan fingerprint density at radius 2 is 1.55 bits per heavy atom. The SMILES string of the molecule is CCCOP(=O)(OCCC)C(Nc1ccc(Sc2cnn(-c3ccccc3)c(=O)c2Cl)cc1)c1ccccc1Cl. The van der Waals surface area contributed by atoms with E-state index in [1.165, 1.54) is 16.4 Å². The van der Waals surface area contributed by atoms with E-state index in [-0.39, 0.29) is 18.2 Å². The van der Waals surface area contributed by atoms with E-state index in [2.05, 4.69) is 10.4 Å². The number of benzene rings is 3. The van der Waals surface area contributed by atoms with Crippen molar-refractivity contribution in [3.8, 4) is 5.69 Å². The first-order valence-electron chi connectivity index (χ1n) is 12.9. The molecule has 0 aliphatic carbocycles. The molecule has 0 amide bonds. The van der Waals surface area contributed by atoms with Crippen LogP contribution in [-0.2, 0) is 13.6 Å². The Bertz CT molecular complexity index is 1510. The molecule has 3 aromatic carbocycles. The molecule has 0 fully saturated rings. The zero-order valence-corrected chi connectivity index (χ0v) is 25.4. The van der Waals surface area contributed by atoms with Crippen molar-refractivity contribution in [1.29, 1.82) is 0 Å². The highest BCUT2D eigenvalue weighted by molar-refractivity contribution is 7.99. The summed E-state index contributed by atoms with van der Waals surface area (Å²) >= 11 is 14.3. The monoisotopic (exact) mass is 617 g/mol. The predicted molar refractivity (Wildman–Crippen MR) is 163 cm³/mol. The lowest BCUT2D eigenvalue weighted by molar-refractivity contribution is 0.199. The van der Waals surface area contributed by atoms with E-state index in [4.69, 9.17) is 32.2 Å². The molecule has 0 radical (unpaired) electrons. The summed E-state index contributed by atoms with van der Waals surface area (Å²) in [7, 11) is -3.65. The molecule has 4 rings (SSSR count). The van der Waals surface area contributed by atoms with Crippen LogP contribution in [0.15, 0.2) is 99.6 Å².